The fraction of sp³-hybridized carbons (Fsp3) is 0. The smallest absolute Gasteiger partial charge is 0.0624 e. The summed E-state index contributed by atoms with van der Waals surface area (Å²) in [6.45, 7) is 3.66. The largest absolute Gasteiger partial charge is 0.256 e. The second-order valence-corrected chi connectivity index (χ2v) is 3.62. The van der Waals surface area contributed by atoms with Gasteiger partial charge in [-0.15, -0.1) is 0 Å². The SMILES string of the molecule is C=Cc1ccc(-c2cccc(Cl)c2)cn1. The molecular formula is C13H10ClN. The number of halogens is 1. The number of nitrogens with zero attached hydrogens (tertiary/aromatic N) is 1. The van der Waals surface area contributed by atoms with E-state index in [1.165, 1.54) is 0 Å². The Labute approximate surface area is 94.1 Å². The normalized spacial score (nSPS) is 9.93. The maximum atomic E-state index is 5.92. The first-order chi connectivity index (χ1) is 7.29. The lowest BCUT2D eigenvalue weighted by molar-refractivity contribution is 1.30. The van der Waals surface area contributed by atoms with Crippen molar-refractivity contribution in [2.24, 2.45) is 0 Å². The van der Waals surface area contributed by atoms with Gasteiger partial charge in [-0.1, -0.05) is 36.4 Å². The Kier molecular flexibility index (Phi) is 2.84. The van der Waals surface area contributed by atoms with Crippen LogP contribution in [0.4, 0.5) is 0 Å². The monoisotopic (exact) mass is 215 g/mol. The number of pyridine rings is 1. The molecule has 74 valence electrons. The van der Waals surface area contributed by atoms with E-state index >= 15 is 0 Å². The first-order valence-electron chi connectivity index (χ1n) is 4.64. The first kappa shape index (κ1) is 9.94. The molecule has 0 atom stereocenters. The number of hydrogen-bond donors (Lipinski definition) is 0. The van der Waals surface area contributed by atoms with E-state index in [1.54, 1.807) is 6.08 Å². The van der Waals surface area contributed by atoms with Crippen molar-refractivity contribution < 1.29 is 0 Å². The molecule has 1 heterocycles. The average Bonchev–Trinajstić information content (AvgIpc) is 2.29. The van der Waals surface area contributed by atoms with Crippen molar-refractivity contribution in [2.75, 3.05) is 0 Å². The molecule has 0 aliphatic heterocycles. The van der Waals surface area contributed by atoms with E-state index < -0.39 is 0 Å². The van der Waals surface area contributed by atoms with Gasteiger partial charge in [0.05, 0.1) is 5.69 Å². The van der Waals surface area contributed by atoms with Gasteiger partial charge in [0, 0.05) is 16.8 Å². The van der Waals surface area contributed by atoms with Crippen molar-refractivity contribution in [1.29, 1.82) is 0 Å². The molecule has 0 fully saturated rings. The van der Waals surface area contributed by atoms with Crippen LogP contribution in [0.3, 0.4) is 0 Å². The number of aromatic nitrogens is 1. The van der Waals surface area contributed by atoms with Gasteiger partial charge in [0.25, 0.3) is 0 Å². The Morgan fingerprint density at radius 3 is 2.60 bits per heavy atom. The highest BCUT2D eigenvalue weighted by atomic mass is 35.5. The second-order valence-electron chi connectivity index (χ2n) is 3.19. The molecule has 1 aromatic heterocycles. The van der Waals surface area contributed by atoms with Crippen molar-refractivity contribution in [3.05, 3.63) is 59.9 Å². The van der Waals surface area contributed by atoms with Gasteiger partial charge in [-0.3, -0.25) is 4.98 Å². The molecule has 0 saturated carbocycles. The summed E-state index contributed by atoms with van der Waals surface area (Å²) in [5, 5.41) is 0.736. The molecule has 0 spiro atoms. The second kappa shape index (κ2) is 4.28. The van der Waals surface area contributed by atoms with Crippen LogP contribution < -0.4 is 0 Å². The summed E-state index contributed by atoms with van der Waals surface area (Å²) in [6, 6.07) is 11.7. The first-order valence-corrected chi connectivity index (χ1v) is 5.02. The quantitative estimate of drug-likeness (QED) is 0.737. The molecule has 0 aliphatic carbocycles. The van der Waals surface area contributed by atoms with Crippen LogP contribution in [0.1, 0.15) is 5.69 Å². The van der Waals surface area contributed by atoms with Crippen LogP contribution in [0.15, 0.2) is 49.2 Å². The number of hydrogen-bond acceptors (Lipinski definition) is 1. The lowest BCUT2D eigenvalue weighted by Crippen LogP contribution is -1.82. The topological polar surface area (TPSA) is 12.9 Å². The molecule has 15 heavy (non-hydrogen) atoms. The molecule has 0 amide bonds. The summed E-state index contributed by atoms with van der Waals surface area (Å²) >= 11 is 5.92. The molecule has 0 saturated heterocycles. The van der Waals surface area contributed by atoms with Gasteiger partial charge in [-0.05, 0) is 29.8 Å². The molecule has 1 nitrogen and oxygen atoms in total. The van der Waals surface area contributed by atoms with Crippen LogP contribution in [0.25, 0.3) is 17.2 Å². The van der Waals surface area contributed by atoms with Crippen LogP contribution >= 0.6 is 11.6 Å². The Balaban J connectivity index is 2.41. The Bertz CT molecular complexity index is 474. The summed E-state index contributed by atoms with van der Waals surface area (Å²) in [5.41, 5.74) is 3.01. The van der Waals surface area contributed by atoms with Gasteiger partial charge in [-0.25, -0.2) is 0 Å². The lowest BCUT2D eigenvalue weighted by Gasteiger charge is -2.01. The number of rotatable bonds is 2. The molecule has 0 aliphatic rings. The molecule has 0 N–H and O–H groups in total. The maximum Gasteiger partial charge on any atom is 0.0624 e. The predicted octanol–water partition coefficient (Wildman–Crippen LogP) is 4.05. The molecule has 2 heteroatoms. The van der Waals surface area contributed by atoms with Gasteiger partial charge >= 0.3 is 0 Å². The minimum Gasteiger partial charge on any atom is -0.256 e. The highest BCUT2D eigenvalue weighted by Crippen LogP contribution is 2.21. The average molecular weight is 216 g/mol. The van der Waals surface area contributed by atoms with E-state index in [2.05, 4.69) is 11.6 Å². The Hall–Kier alpha value is -1.60. The van der Waals surface area contributed by atoms with Crippen LogP contribution in [-0.4, -0.2) is 4.98 Å². The zero-order chi connectivity index (χ0) is 10.7. The van der Waals surface area contributed by atoms with Gasteiger partial charge in [0.1, 0.15) is 0 Å². The molecular weight excluding hydrogens is 206 g/mol. The van der Waals surface area contributed by atoms with Gasteiger partial charge < -0.3 is 0 Å². The fourth-order valence-electron chi connectivity index (χ4n) is 1.36. The highest BCUT2D eigenvalue weighted by Gasteiger charge is 1.98. The third-order valence-electron chi connectivity index (χ3n) is 2.15. The zero-order valence-electron chi connectivity index (χ0n) is 8.15. The van der Waals surface area contributed by atoms with Crippen molar-refractivity contribution >= 4 is 17.7 Å². The van der Waals surface area contributed by atoms with Crippen molar-refractivity contribution in [3.63, 3.8) is 0 Å². The Morgan fingerprint density at radius 2 is 2.00 bits per heavy atom. The molecule has 2 aromatic rings. The summed E-state index contributed by atoms with van der Waals surface area (Å²) < 4.78 is 0. The molecule has 0 unspecified atom stereocenters. The van der Waals surface area contributed by atoms with Gasteiger partial charge in [-0.2, -0.15) is 0 Å². The lowest BCUT2D eigenvalue weighted by atomic mass is 10.1. The summed E-state index contributed by atoms with van der Waals surface area (Å²) in [7, 11) is 0. The van der Waals surface area contributed by atoms with Crippen LogP contribution in [0.5, 0.6) is 0 Å². The summed E-state index contributed by atoms with van der Waals surface area (Å²) in [6.07, 6.45) is 3.55. The third kappa shape index (κ3) is 2.25. The van der Waals surface area contributed by atoms with E-state index in [4.69, 9.17) is 11.6 Å². The van der Waals surface area contributed by atoms with Crippen LogP contribution in [0.2, 0.25) is 5.02 Å². The number of benzene rings is 1. The zero-order valence-corrected chi connectivity index (χ0v) is 8.91. The summed E-state index contributed by atoms with van der Waals surface area (Å²) in [4.78, 5) is 4.24. The van der Waals surface area contributed by atoms with E-state index in [-0.39, 0.29) is 0 Å². The minimum absolute atomic E-state index is 0.736. The Morgan fingerprint density at radius 1 is 1.13 bits per heavy atom. The standard InChI is InChI=1S/C13H10ClN/c1-2-13-7-6-11(9-15-13)10-4-3-5-12(14)8-10/h2-9H,1H2. The van der Waals surface area contributed by atoms with E-state index in [0.29, 0.717) is 0 Å². The van der Waals surface area contributed by atoms with Crippen LogP contribution in [0, 0.1) is 0 Å². The molecule has 1 aromatic carbocycles. The maximum absolute atomic E-state index is 5.92. The molecule has 2 rings (SSSR count). The summed E-state index contributed by atoms with van der Waals surface area (Å²) in [5.74, 6) is 0. The minimum atomic E-state index is 0.736. The van der Waals surface area contributed by atoms with Gasteiger partial charge in [0.15, 0.2) is 0 Å². The van der Waals surface area contributed by atoms with Crippen molar-refractivity contribution in [3.8, 4) is 11.1 Å². The van der Waals surface area contributed by atoms with Crippen molar-refractivity contribution in [1.82, 2.24) is 4.98 Å². The van der Waals surface area contributed by atoms with Gasteiger partial charge in [0.2, 0.25) is 0 Å². The fourth-order valence-corrected chi connectivity index (χ4v) is 1.56. The van der Waals surface area contributed by atoms with Crippen LogP contribution in [-0.2, 0) is 0 Å². The molecule has 0 bridgehead atoms. The molecule has 0 radical (unpaired) electrons. The highest BCUT2D eigenvalue weighted by molar-refractivity contribution is 6.30. The van der Waals surface area contributed by atoms with E-state index in [9.17, 15) is 0 Å². The van der Waals surface area contributed by atoms with E-state index in [0.717, 1.165) is 21.8 Å². The predicted molar refractivity (Wildman–Crippen MR) is 64.8 cm³/mol. The third-order valence-corrected chi connectivity index (χ3v) is 2.39. The van der Waals surface area contributed by atoms with E-state index in [1.807, 2.05) is 42.6 Å². The van der Waals surface area contributed by atoms with Crippen molar-refractivity contribution in [2.45, 2.75) is 0 Å².